The maximum atomic E-state index is 13.5. The van der Waals surface area contributed by atoms with Crippen molar-refractivity contribution >= 4 is 17.9 Å². The van der Waals surface area contributed by atoms with Crippen molar-refractivity contribution in [3.8, 4) is 0 Å². The third-order valence-corrected chi connectivity index (χ3v) is 7.60. The summed E-state index contributed by atoms with van der Waals surface area (Å²) in [6.07, 6.45) is 9.86. The topological polar surface area (TPSA) is 91.6 Å². The number of rotatable bonds is 6. The molecule has 1 saturated carbocycles. The number of hydrogen-bond donors (Lipinski definition) is 2. The summed E-state index contributed by atoms with van der Waals surface area (Å²) in [5.74, 6) is -0.629. The van der Waals surface area contributed by atoms with Gasteiger partial charge in [-0.05, 0) is 37.8 Å². The van der Waals surface area contributed by atoms with Crippen LogP contribution in [0.5, 0.6) is 0 Å². The third kappa shape index (κ3) is 3.91. The van der Waals surface area contributed by atoms with Crippen LogP contribution in [0.25, 0.3) is 6.08 Å². The minimum Gasteiger partial charge on any atom is -0.396 e. The van der Waals surface area contributed by atoms with Gasteiger partial charge in [0.25, 0.3) is 5.56 Å². The average molecular weight is 442 g/mol. The Morgan fingerprint density at radius 3 is 2.62 bits per heavy atom. The molecule has 3 aliphatic rings. The zero-order valence-electron chi connectivity index (χ0n) is 19.1. The fourth-order valence-electron chi connectivity index (χ4n) is 6.01. The Morgan fingerprint density at radius 1 is 1.22 bits per heavy atom. The highest BCUT2D eigenvalue weighted by Gasteiger charge is 2.57. The number of amides is 2. The molecular formula is C25H35N3O4. The van der Waals surface area contributed by atoms with E-state index >= 15 is 0 Å². The molecule has 4 atom stereocenters. The SMILES string of the molecule is C/C=C\c1ccc2n(c1=O)C[C@@H]1[C@@H](CO)[C@H](C(=O)NCC3CCCCC3)[C@H]2N1C(=O)CC. The maximum Gasteiger partial charge on any atom is 0.258 e. The smallest absolute Gasteiger partial charge is 0.258 e. The molecule has 7 nitrogen and oxygen atoms in total. The van der Waals surface area contributed by atoms with Crippen molar-refractivity contribution in [1.29, 1.82) is 0 Å². The lowest BCUT2D eigenvalue weighted by atomic mass is 9.85. The highest BCUT2D eigenvalue weighted by atomic mass is 16.3. The minimum atomic E-state index is -0.565. The van der Waals surface area contributed by atoms with Gasteiger partial charge in [0.05, 0.1) is 18.0 Å². The molecule has 2 amide bonds. The first-order valence-corrected chi connectivity index (χ1v) is 12.1. The zero-order chi connectivity index (χ0) is 22.8. The van der Waals surface area contributed by atoms with Crippen molar-refractivity contribution in [2.24, 2.45) is 17.8 Å². The second-order valence-corrected chi connectivity index (χ2v) is 9.42. The molecule has 174 valence electrons. The molecule has 2 aliphatic heterocycles. The predicted molar refractivity (Wildman–Crippen MR) is 123 cm³/mol. The summed E-state index contributed by atoms with van der Waals surface area (Å²) in [5, 5.41) is 13.4. The summed E-state index contributed by atoms with van der Waals surface area (Å²) in [5.41, 5.74) is 1.17. The quantitative estimate of drug-likeness (QED) is 0.710. The number of nitrogens with zero attached hydrogens (tertiary/aromatic N) is 2. The monoisotopic (exact) mass is 441 g/mol. The molecular weight excluding hydrogens is 406 g/mol. The maximum absolute atomic E-state index is 13.5. The number of nitrogens with one attached hydrogen (secondary N) is 1. The van der Waals surface area contributed by atoms with Gasteiger partial charge in [-0.2, -0.15) is 0 Å². The molecule has 2 fully saturated rings. The Bertz CT molecular complexity index is 947. The number of fused-ring (bicyclic) bond motifs is 4. The van der Waals surface area contributed by atoms with Crippen LogP contribution in [0.3, 0.4) is 0 Å². The van der Waals surface area contributed by atoms with Gasteiger partial charge >= 0.3 is 0 Å². The van der Waals surface area contributed by atoms with Gasteiger partial charge < -0.3 is 19.9 Å². The molecule has 0 spiro atoms. The van der Waals surface area contributed by atoms with Gasteiger partial charge in [-0.15, -0.1) is 0 Å². The van der Waals surface area contributed by atoms with E-state index in [1.807, 2.05) is 26.0 Å². The normalized spacial score (nSPS) is 27.5. The number of pyridine rings is 1. The number of allylic oxidation sites excluding steroid dienone is 1. The lowest BCUT2D eigenvalue weighted by molar-refractivity contribution is -0.136. The Balaban J connectivity index is 1.70. The standard InChI is InChI=1S/C25H35N3O4/c1-3-8-17-11-12-19-23-22(24(31)26-13-16-9-6-5-7-10-16)18(15-29)20(14-27(19)25(17)32)28(23)21(30)4-2/h3,8,11-12,16,18,20,22-23,29H,4-7,9-10,13-15H2,1-2H3,(H,26,31)/b8-3-/t18-,20-,22+,23+/m1/s1. The van der Waals surface area contributed by atoms with Gasteiger partial charge in [-0.25, -0.2) is 0 Å². The second kappa shape index (κ2) is 9.61. The fraction of sp³-hybridized carbons (Fsp3) is 0.640. The molecule has 3 heterocycles. The molecule has 1 aliphatic carbocycles. The first-order chi connectivity index (χ1) is 15.5. The molecule has 7 heteroatoms. The van der Waals surface area contributed by atoms with Gasteiger partial charge in [0.15, 0.2) is 0 Å². The van der Waals surface area contributed by atoms with Crippen molar-refractivity contribution in [3.63, 3.8) is 0 Å². The molecule has 32 heavy (non-hydrogen) atoms. The van der Waals surface area contributed by atoms with Crippen LogP contribution in [-0.2, 0) is 16.1 Å². The average Bonchev–Trinajstić information content (AvgIpc) is 3.06. The molecule has 1 aromatic heterocycles. The largest absolute Gasteiger partial charge is 0.396 e. The van der Waals surface area contributed by atoms with E-state index in [0.29, 0.717) is 36.7 Å². The van der Waals surface area contributed by atoms with Crippen LogP contribution >= 0.6 is 0 Å². The molecule has 4 rings (SSSR count). The van der Waals surface area contributed by atoms with E-state index in [1.165, 1.54) is 19.3 Å². The van der Waals surface area contributed by atoms with Crippen LogP contribution in [0.15, 0.2) is 23.0 Å². The van der Waals surface area contributed by atoms with E-state index in [-0.39, 0.29) is 30.0 Å². The van der Waals surface area contributed by atoms with E-state index in [9.17, 15) is 19.5 Å². The number of aliphatic hydroxyl groups excluding tert-OH is 1. The number of aliphatic hydroxyl groups is 1. The molecule has 2 N–H and O–H groups in total. The number of hydrogen-bond acceptors (Lipinski definition) is 4. The predicted octanol–water partition coefficient (Wildman–Crippen LogP) is 2.48. The first kappa shape index (κ1) is 22.8. The summed E-state index contributed by atoms with van der Waals surface area (Å²) >= 11 is 0. The lowest BCUT2D eigenvalue weighted by Gasteiger charge is -2.38. The number of aromatic nitrogens is 1. The molecule has 2 bridgehead atoms. The van der Waals surface area contributed by atoms with Crippen molar-refractivity contribution in [1.82, 2.24) is 14.8 Å². The van der Waals surface area contributed by atoms with Gasteiger partial charge in [-0.3, -0.25) is 14.4 Å². The summed E-state index contributed by atoms with van der Waals surface area (Å²) in [4.78, 5) is 41.3. The highest BCUT2D eigenvalue weighted by molar-refractivity contribution is 5.84. The fourth-order valence-corrected chi connectivity index (χ4v) is 6.01. The van der Waals surface area contributed by atoms with E-state index in [4.69, 9.17) is 0 Å². The number of carbonyl (C=O) groups is 2. The van der Waals surface area contributed by atoms with Gasteiger partial charge in [0.2, 0.25) is 11.8 Å². The second-order valence-electron chi connectivity index (χ2n) is 9.42. The van der Waals surface area contributed by atoms with Gasteiger partial charge in [0, 0.05) is 43.3 Å². The molecule has 0 unspecified atom stereocenters. The van der Waals surface area contributed by atoms with Crippen LogP contribution in [0.2, 0.25) is 0 Å². The molecule has 0 radical (unpaired) electrons. The lowest BCUT2D eigenvalue weighted by Crippen LogP contribution is -2.49. The Morgan fingerprint density at radius 2 is 1.97 bits per heavy atom. The van der Waals surface area contributed by atoms with Crippen LogP contribution in [0.4, 0.5) is 0 Å². The van der Waals surface area contributed by atoms with Crippen molar-refractivity contribution in [2.75, 3.05) is 13.2 Å². The Hall–Kier alpha value is -2.41. The highest BCUT2D eigenvalue weighted by Crippen LogP contribution is 2.48. The number of carbonyl (C=O) groups excluding carboxylic acids is 2. The third-order valence-electron chi connectivity index (χ3n) is 7.60. The van der Waals surface area contributed by atoms with E-state index < -0.39 is 17.9 Å². The van der Waals surface area contributed by atoms with Gasteiger partial charge in [-0.1, -0.05) is 38.3 Å². The molecule has 1 aromatic rings. The Kier molecular flexibility index (Phi) is 6.84. The minimum absolute atomic E-state index is 0.0442. The van der Waals surface area contributed by atoms with Crippen molar-refractivity contribution in [2.45, 2.75) is 71.0 Å². The summed E-state index contributed by atoms with van der Waals surface area (Å²) in [7, 11) is 0. The molecule has 1 saturated heterocycles. The van der Waals surface area contributed by atoms with E-state index in [0.717, 1.165) is 12.8 Å². The zero-order valence-corrected chi connectivity index (χ0v) is 19.1. The van der Waals surface area contributed by atoms with E-state index in [2.05, 4.69) is 5.32 Å². The van der Waals surface area contributed by atoms with E-state index in [1.54, 1.807) is 21.6 Å². The van der Waals surface area contributed by atoms with Crippen molar-refractivity contribution in [3.05, 3.63) is 39.8 Å². The molecule has 0 aromatic carbocycles. The first-order valence-electron chi connectivity index (χ1n) is 12.1. The van der Waals surface area contributed by atoms with Crippen LogP contribution in [0.1, 0.15) is 69.7 Å². The summed E-state index contributed by atoms with van der Waals surface area (Å²) < 4.78 is 1.71. The van der Waals surface area contributed by atoms with Crippen LogP contribution in [0, 0.1) is 17.8 Å². The van der Waals surface area contributed by atoms with Crippen LogP contribution < -0.4 is 10.9 Å². The van der Waals surface area contributed by atoms with Crippen LogP contribution in [-0.4, -0.2) is 45.6 Å². The van der Waals surface area contributed by atoms with Gasteiger partial charge in [0.1, 0.15) is 0 Å². The van der Waals surface area contributed by atoms with Crippen molar-refractivity contribution < 1.29 is 14.7 Å². The Labute approximate surface area is 189 Å². The summed E-state index contributed by atoms with van der Waals surface area (Å²) in [6.45, 7) is 4.42. The summed E-state index contributed by atoms with van der Waals surface area (Å²) in [6, 6.07) is 2.74.